The van der Waals surface area contributed by atoms with Gasteiger partial charge in [-0.1, -0.05) is 12.1 Å². The first-order chi connectivity index (χ1) is 8.11. The molecule has 0 aromatic heterocycles. The summed E-state index contributed by atoms with van der Waals surface area (Å²) in [4.78, 5) is 21.4. The van der Waals surface area contributed by atoms with Crippen LogP contribution in [-0.4, -0.2) is 23.6 Å². The first kappa shape index (κ1) is 13.0. The van der Waals surface area contributed by atoms with Crippen molar-refractivity contribution in [2.24, 2.45) is 0 Å². The SMILES string of the molecule is CCOc1cccc(CNC(=O)CC(=O)O)c1. The molecular formula is C12H15NO4. The van der Waals surface area contributed by atoms with E-state index in [1.807, 2.05) is 31.2 Å². The zero-order valence-electron chi connectivity index (χ0n) is 9.60. The monoisotopic (exact) mass is 237 g/mol. The van der Waals surface area contributed by atoms with Crippen LogP contribution < -0.4 is 10.1 Å². The molecule has 0 heterocycles. The molecule has 0 atom stereocenters. The second kappa shape index (κ2) is 6.52. The van der Waals surface area contributed by atoms with E-state index in [0.29, 0.717) is 13.2 Å². The minimum Gasteiger partial charge on any atom is -0.494 e. The molecule has 2 N–H and O–H groups in total. The fourth-order valence-corrected chi connectivity index (χ4v) is 1.31. The van der Waals surface area contributed by atoms with E-state index in [0.717, 1.165) is 11.3 Å². The van der Waals surface area contributed by atoms with Gasteiger partial charge in [-0.25, -0.2) is 0 Å². The number of ether oxygens (including phenoxy) is 1. The summed E-state index contributed by atoms with van der Waals surface area (Å²) in [5.74, 6) is -0.901. The summed E-state index contributed by atoms with van der Waals surface area (Å²) < 4.78 is 5.31. The third-order valence-electron chi connectivity index (χ3n) is 2.01. The number of rotatable bonds is 6. The van der Waals surface area contributed by atoms with Gasteiger partial charge < -0.3 is 15.2 Å². The van der Waals surface area contributed by atoms with Gasteiger partial charge >= 0.3 is 5.97 Å². The summed E-state index contributed by atoms with van der Waals surface area (Å²) >= 11 is 0. The standard InChI is InChI=1S/C12H15NO4/c1-2-17-10-5-3-4-9(6-10)8-13-11(14)7-12(15)16/h3-6H,2,7-8H2,1H3,(H,13,14)(H,15,16). The lowest BCUT2D eigenvalue weighted by Gasteiger charge is -2.07. The van der Waals surface area contributed by atoms with Crippen LogP contribution in [0.1, 0.15) is 18.9 Å². The Labute approximate surface area is 99.4 Å². The molecule has 5 heteroatoms. The van der Waals surface area contributed by atoms with Crippen LogP contribution in [0.25, 0.3) is 0 Å². The average molecular weight is 237 g/mol. The van der Waals surface area contributed by atoms with Crippen molar-refractivity contribution < 1.29 is 19.4 Å². The van der Waals surface area contributed by atoms with Crippen molar-refractivity contribution in [2.75, 3.05) is 6.61 Å². The lowest BCUT2D eigenvalue weighted by atomic mass is 10.2. The molecule has 0 fully saturated rings. The second-order valence-corrected chi connectivity index (χ2v) is 3.43. The predicted octanol–water partition coefficient (Wildman–Crippen LogP) is 1.18. The molecule has 0 aliphatic rings. The number of benzene rings is 1. The van der Waals surface area contributed by atoms with Gasteiger partial charge in [0.1, 0.15) is 12.2 Å². The van der Waals surface area contributed by atoms with Crippen LogP contribution in [0.2, 0.25) is 0 Å². The van der Waals surface area contributed by atoms with E-state index in [1.54, 1.807) is 0 Å². The Morgan fingerprint density at radius 3 is 2.82 bits per heavy atom. The van der Waals surface area contributed by atoms with Crippen molar-refractivity contribution >= 4 is 11.9 Å². The molecule has 1 aromatic rings. The van der Waals surface area contributed by atoms with Gasteiger partial charge in [-0.05, 0) is 24.6 Å². The van der Waals surface area contributed by atoms with Gasteiger partial charge in [-0.15, -0.1) is 0 Å². The Morgan fingerprint density at radius 1 is 1.41 bits per heavy atom. The van der Waals surface area contributed by atoms with Crippen LogP contribution >= 0.6 is 0 Å². The molecule has 0 aliphatic heterocycles. The number of carbonyl (C=O) groups is 2. The van der Waals surface area contributed by atoms with Gasteiger partial charge in [0, 0.05) is 6.54 Å². The molecule has 0 radical (unpaired) electrons. The third kappa shape index (κ3) is 5.01. The molecule has 1 aromatic carbocycles. The van der Waals surface area contributed by atoms with Gasteiger partial charge in [-0.3, -0.25) is 9.59 Å². The number of nitrogens with one attached hydrogen (secondary N) is 1. The molecule has 0 saturated carbocycles. The zero-order valence-corrected chi connectivity index (χ0v) is 9.60. The highest BCUT2D eigenvalue weighted by Crippen LogP contribution is 2.12. The number of aliphatic carboxylic acids is 1. The van der Waals surface area contributed by atoms with Crippen LogP contribution in [-0.2, 0) is 16.1 Å². The number of amides is 1. The predicted molar refractivity (Wildman–Crippen MR) is 61.7 cm³/mol. The van der Waals surface area contributed by atoms with E-state index in [2.05, 4.69) is 5.32 Å². The molecule has 0 saturated heterocycles. The maximum atomic E-state index is 11.1. The maximum absolute atomic E-state index is 11.1. The van der Waals surface area contributed by atoms with Crippen LogP contribution in [0.15, 0.2) is 24.3 Å². The summed E-state index contributed by atoms with van der Waals surface area (Å²) in [6.45, 7) is 2.77. The number of hydrogen-bond donors (Lipinski definition) is 2. The fourth-order valence-electron chi connectivity index (χ4n) is 1.31. The zero-order chi connectivity index (χ0) is 12.7. The molecule has 0 bridgehead atoms. The summed E-state index contributed by atoms with van der Waals surface area (Å²) in [6, 6.07) is 7.30. The van der Waals surface area contributed by atoms with E-state index >= 15 is 0 Å². The summed E-state index contributed by atoms with van der Waals surface area (Å²) in [5.41, 5.74) is 0.870. The summed E-state index contributed by atoms with van der Waals surface area (Å²) in [6.07, 6.45) is -0.509. The molecule has 1 rings (SSSR count). The van der Waals surface area contributed by atoms with E-state index in [-0.39, 0.29) is 0 Å². The number of carboxylic acids is 1. The smallest absolute Gasteiger partial charge is 0.312 e. The topological polar surface area (TPSA) is 75.6 Å². The lowest BCUT2D eigenvalue weighted by Crippen LogP contribution is -2.25. The quantitative estimate of drug-likeness (QED) is 0.728. The van der Waals surface area contributed by atoms with E-state index < -0.39 is 18.3 Å². The number of hydrogen-bond acceptors (Lipinski definition) is 3. The van der Waals surface area contributed by atoms with Crippen molar-refractivity contribution in [3.05, 3.63) is 29.8 Å². The third-order valence-corrected chi connectivity index (χ3v) is 2.01. The minimum absolute atomic E-state index is 0.299. The van der Waals surface area contributed by atoms with Gasteiger partial charge in [-0.2, -0.15) is 0 Å². The average Bonchev–Trinajstić information content (AvgIpc) is 2.26. The molecule has 17 heavy (non-hydrogen) atoms. The number of carboxylic acid groups (broad SMARTS) is 1. The van der Waals surface area contributed by atoms with Crippen molar-refractivity contribution in [2.45, 2.75) is 19.9 Å². The Bertz CT molecular complexity index is 403. The van der Waals surface area contributed by atoms with Crippen molar-refractivity contribution in [3.63, 3.8) is 0 Å². The number of carbonyl (C=O) groups excluding carboxylic acids is 1. The Kier molecular flexibility index (Phi) is 5.00. The molecule has 0 aliphatic carbocycles. The lowest BCUT2D eigenvalue weighted by molar-refractivity contribution is -0.140. The van der Waals surface area contributed by atoms with Gasteiger partial charge in [0.25, 0.3) is 0 Å². The van der Waals surface area contributed by atoms with Crippen LogP contribution in [0.4, 0.5) is 0 Å². The molecule has 1 amide bonds. The fraction of sp³-hybridized carbons (Fsp3) is 0.333. The summed E-state index contributed by atoms with van der Waals surface area (Å²) in [7, 11) is 0. The van der Waals surface area contributed by atoms with E-state index in [4.69, 9.17) is 9.84 Å². The van der Waals surface area contributed by atoms with Gasteiger partial charge in [0.2, 0.25) is 5.91 Å². The van der Waals surface area contributed by atoms with E-state index in [1.165, 1.54) is 0 Å². The first-order valence-electron chi connectivity index (χ1n) is 5.32. The molecule has 5 nitrogen and oxygen atoms in total. The van der Waals surface area contributed by atoms with Crippen LogP contribution in [0.3, 0.4) is 0 Å². The normalized spacial score (nSPS) is 9.71. The van der Waals surface area contributed by atoms with Gasteiger partial charge in [0.05, 0.1) is 6.61 Å². The van der Waals surface area contributed by atoms with Crippen molar-refractivity contribution in [3.8, 4) is 5.75 Å². The Balaban J connectivity index is 2.48. The molecule has 92 valence electrons. The highest BCUT2D eigenvalue weighted by Gasteiger charge is 2.06. The van der Waals surface area contributed by atoms with E-state index in [9.17, 15) is 9.59 Å². The largest absolute Gasteiger partial charge is 0.494 e. The molecular weight excluding hydrogens is 222 g/mol. The van der Waals surface area contributed by atoms with Gasteiger partial charge in [0.15, 0.2) is 0 Å². The molecule has 0 spiro atoms. The highest BCUT2D eigenvalue weighted by atomic mass is 16.5. The molecule has 0 unspecified atom stereocenters. The Morgan fingerprint density at radius 2 is 2.18 bits per heavy atom. The van der Waals surface area contributed by atoms with Crippen molar-refractivity contribution in [1.29, 1.82) is 0 Å². The Hall–Kier alpha value is -2.04. The minimum atomic E-state index is -1.13. The second-order valence-electron chi connectivity index (χ2n) is 3.43. The van der Waals surface area contributed by atoms with Crippen LogP contribution in [0, 0.1) is 0 Å². The summed E-state index contributed by atoms with van der Waals surface area (Å²) in [5, 5.41) is 10.9. The van der Waals surface area contributed by atoms with Crippen LogP contribution in [0.5, 0.6) is 5.75 Å². The maximum Gasteiger partial charge on any atom is 0.312 e. The van der Waals surface area contributed by atoms with Crippen molar-refractivity contribution in [1.82, 2.24) is 5.32 Å². The highest BCUT2D eigenvalue weighted by molar-refractivity contribution is 5.93. The first-order valence-corrected chi connectivity index (χ1v) is 5.32.